The Morgan fingerprint density at radius 2 is 2.24 bits per heavy atom. The lowest BCUT2D eigenvalue weighted by molar-refractivity contribution is 0.0621. The highest BCUT2D eigenvalue weighted by Crippen LogP contribution is 2.36. The van der Waals surface area contributed by atoms with Crippen molar-refractivity contribution >= 4 is 15.9 Å². The van der Waals surface area contributed by atoms with Gasteiger partial charge in [0.1, 0.15) is 0 Å². The van der Waals surface area contributed by atoms with Crippen LogP contribution in [-0.2, 0) is 18.2 Å². The van der Waals surface area contributed by atoms with Gasteiger partial charge in [0.25, 0.3) is 0 Å². The Morgan fingerprint density at radius 1 is 1.59 bits per heavy atom. The van der Waals surface area contributed by atoms with Crippen molar-refractivity contribution in [2.75, 3.05) is 7.11 Å². The van der Waals surface area contributed by atoms with Crippen LogP contribution in [0.25, 0.3) is 0 Å². The van der Waals surface area contributed by atoms with Gasteiger partial charge < -0.3 is 10.5 Å². The fourth-order valence-electron chi connectivity index (χ4n) is 2.38. The summed E-state index contributed by atoms with van der Waals surface area (Å²) in [7, 11) is 3.71. The standard InChI is InChI=1S/C12H20BrN3O/c1-7-11(13)10(16(2)15-7)6-9(14)12(17-3)8-4-5-8/h8-9,12H,4-6,14H2,1-3H3. The van der Waals surface area contributed by atoms with Crippen LogP contribution in [0, 0.1) is 12.8 Å². The molecule has 0 amide bonds. The maximum Gasteiger partial charge on any atom is 0.0754 e. The Morgan fingerprint density at radius 3 is 2.65 bits per heavy atom. The van der Waals surface area contributed by atoms with Crippen LogP contribution in [0.15, 0.2) is 4.47 Å². The van der Waals surface area contributed by atoms with Crippen molar-refractivity contribution in [2.45, 2.75) is 38.3 Å². The van der Waals surface area contributed by atoms with Crippen molar-refractivity contribution in [3.63, 3.8) is 0 Å². The molecule has 1 aromatic rings. The molecule has 0 spiro atoms. The molecule has 2 rings (SSSR count). The number of aromatic nitrogens is 2. The van der Waals surface area contributed by atoms with Gasteiger partial charge in [-0.2, -0.15) is 5.10 Å². The van der Waals surface area contributed by atoms with E-state index in [-0.39, 0.29) is 12.1 Å². The third-order valence-corrected chi connectivity index (χ3v) is 4.50. The Hall–Kier alpha value is -0.390. The first-order valence-electron chi connectivity index (χ1n) is 6.01. The first-order valence-corrected chi connectivity index (χ1v) is 6.80. The summed E-state index contributed by atoms with van der Waals surface area (Å²) in [6, 6.07) is 0.0404. The van der Waals surface area contributed by atoms with Gasteiger partial charge in [-0.15, -0.1) is 0 Å². The monoisotopic (exact) mass is 301 g/mol. The largest absolute Gasteiger partial charge is 0.380 e. The zero-order chi connectivity index (χ0) is 12.6. The summed E-state index contributed by atoms with van der Waals surface area (Å²) in [4.78, 5) is 0. The maximum atomic E-state index is 6.26. The summed E-state index contributed by atoms with van der Waals surface area (Å²) < 4.78 is 8.50. The molecular weight excluding hydrogens is 282 g/mol. The van der Waals surface area contributed by atoms with Crippen LogP contribution in [0.1, 0.15) is 24.2 Å². The molecular formula is C12H20BrN3O. The van der Waals surface area contributed by atoms with Crippen LogP contribution < -0.4 is 5.73 Å². The third kappa shape index (κ3) is 2.72. The average Bonchev–Trinajstić information content (AvgIpc) is 3.06. The van der Waals surface area contributed by atoms with Crippen molar-refractivity contribution in [1.29, 1.82) is 0 Å². The Labute approximate surface area is 111 Å². The number of ether oxygens (including phenoxy) is 1. The highest BCUT2D eigenvalue weighted by molar-refractivity contribution is 9.10. The molecule has 2 N–H and O–H groups in total. The molecule has 1 aliphatic carbocycles. The van der Waals surface area contributed by atoms with Gasteiger partial charge >= 0.3 is 0 Å². The van der Waals surface area contributed by atoms with Gasteiger partial charge in [0.2, 0.25) is 0 Å². The number of hydrogen-bond donors (Lipinski definition) is 1. The Balaban J connectivity index is 2.08. The van der Waals surface area contributed by atoms with E-state index in [2.05, 4.69) is 21.0 Å². The first kappa shape index (κ1) is 13.1. The SMILES string of the molecule is COC(C(N)Cc1c(Br)c(C)nn1C)C1CC1. The molecule has 0 radical (unpaired) electrons. The van der Waals surface area contributed by atoms with E-state index in [1.165, 1.54) is 12.8 Å². The van der Waals surface area contributed by atoms with E-state index in [4.69, 9.17) is 10.5 Å². The van der Waals surface area contributed by atoms with Crippen LogP contribution in [0.2, 0.25) is 0 Å². The molecule has 2 unspecified atom stereocenters. The lowest BCUT2D eigenvalue weighted by atomic mass is 10.0. The lowest BCUT2D eigenvalue weighted by Crippen LogP contribution is -2.40. The van der Waals surface area contributed by atoms with Crippen molar-refractivity contribution < 1.29 is 4.74 Å². The topological polar surface area (TPSA) is 53.1 Å². The van der Waals surface area contributed by atoms with E-state index in [9.17, 15) is 0 Å². The van der Waals surface area contributed by atoms with Crippen LogP contribution >= 0.6 is 15.9 Å². The Kier molecular flexibility index (Phi) is 3.90. The molecule has 17 heavy (non-hydrogen) atoms. The highest BCUT2D eigenvalue weighted by Gasteiger charge is 2.35. The average molecular weight is 302 g/mol. The van der Waals surface area contributed by atoms with Crippen LogP contribution in [0.4, 0.5) is 0 Å². The molecule has 5 heteroatoms. The molecule has 1 fully saturated rings. The highest BCUT2D eigenvalue weighted by atomic mass is 79.9. The summed E-state index contributed by atoms with van der Waals surface area (Å²) in [5.74, 6) is 0.656. The summed E-state index contributed by atoms with van der Waals surface area (Å²) in [5, 5.41) is 4.38. The van der Waals surface area contributed by atoms with Crippen molar-refractivity contribution in [3.05, 3.63) is 15.9 Å². The molecule has 0 aliphatic heterocycles. The smallest absolute Gasteiger partial charge is 0.0754 e. The minimum Gasteiger partial charge on any atom is -0.380 e. The van der Waals surface area contributed by atoms with Crippen LogP contribution in [0.3, 0.4) is 0 Å². The lowest BCUT2D eigenvalue weighted by Gasteiger charge is -2.22. The second-order valence-corrected chi connectivity index (χ2v) is 5.67. The molecule has 0 saturated heterocycles. The molecule has 1 aliphatic rings. The number of nitrogens with two attached hydrogens (primary N) is 1. The fraction of sp³-hybridized carbons (Fsp3) is 0.750. The minimum absolute atomic E-state index is 0.0404. The molecule has 0 aromatic carbocycles. The number of nitrogens with zero attached hydrogens (tertiary/aromatic N) is 2. The van der Waals surface area contributed by atoms with Gasteiger partial charge in [0.15, 0.2) is 0 Å². The van der Waals surface area contributed by atoms with E-state index in [1.54, 1.807) is 7.11 Å². The van der Waals surface area contributed by atoms with Gasteiger partial charge in [-0.1, -0.05) is 0 Å². The zero-order valence-electron chi connectivity index (χ0n) is 10.6. The number of rotatable bonds is 5. The number of hydrogen-bond acceptors (Lipinski definition) is 3. The van der Waals surface area contributed by atoms with Crippen LogP contribution in [-0.4, -0.2) is 29.0 Å². The molecule has 1 heterocycles. The predicted octanol–water partition coefficient (Wildman–Crippen LogP) is 1.79. The van der Waals surface area contributed by atoms with Crippen molar-refractivity contribution in [1.82, 2.24) is 9.78 Å². The van der Waals surface area contributed by atoms with Crippen LogP contribution in [0.5, 0.6) is 0 Å². The van der Waals surface area contributed by atoms with E-state index in [0.29, 0.717) is 5.92 Å². The van der Waals surface area contributed by atoms with Gasteiger partial charge in [0, 0.05) is 26.6 Å². The molecule has 1 saturated carbocycles. The van der Waals surface area contributed by atoms with E-state index in [0.717, 1.165) is 22.3 Å². The second-order valence-electron chi connectivity index (χ2n) is 4.88. The van der Waals surface area contributed by atoms with Crippen molar-refractivity contribution in [3.8, 4) is 0 Å². The maximum absolute atomic E-state index is 6.26. The molecule has 0 bridgehead atoms. The minimum atomic E-state index is 0.0404. The third-order valence-electron chi connectivity index (χ3n) is 3.47. The van der Waals surface area contributed by atoms with Crippen molar-refractivity contribution in [2.24, 2.45) is 18.7 Å². The molecule has 96 valence electrons. The summed E-state index contributed by atoms with van der Waals surface area (Å²) >= 11 is 3.57. The second kappa shape index (κ2) is 5.08. The Bertz CT molecular complexity index is 401. The van der Waals surface area contributed by atoms with E-state index >= 15 is 0 Å². The summed E-state index contributed by atoms with van der Waals surface area (Å²) in [5.41, 5.74) is 8.42. The summed E-state index contributed by atoms with van der Waals surface area (Å²) in [6.45, 7) is 1.99. The normalized spacial score (nSPS) is 19.4. The fourth-order valence-corrected chi connectivity index (χ4v) is 2.88. The first-order chi connectivity index (χ1) is 8.04. The molecule has 2 atom stereocenters. The van der Waals surface area contributed by atoms with E-state index in [1.807, 2.05) is 18.7 Å². The van der Waals surface area contributed by atoms with E-state index < -0.39 is 0 Å². The summed E-state index contributed by atoms with van der Waals surface area (Å²) in [6.07, 6.45) is 3.47. The molecule has 4 nitrogen and oxygen atoms in total. The van der Waals surface area contributed by atoms with Gasteiger partial charge in [-0.25, -0.2) is 0 Å². The molecule has 1 aromatic heterocycles. The quantitative estimate of drug-likeness (QED) is 0.902. The number of methoxy groups -OCH3 is 1. The number of halogens is 1. The predicted molar refractivity (Wildman–Crippen MR) is 70.8 cm³/mol. The van der Waals surface area contributed by atoms with Gasteiger partial charge in [-0.3, -0.25) is 4.68 Å². The zero-order valence-corrected chi connectivity index (χ0v) is 12.2. The number of aryl methyl sites for hydroxylation is 2. The van der Waals surface area contributed by atoms with Gasteiger partial charge in [0.05, 0.1) is 22.0 Å². The van der Waals surface area contributed by atoms with Gasteiger partial charge in [-0.05, 0) is 41.6 Å².